The van der Waals surface area contributed by atoms with Gasteiger partial charge in [-0.3, -0.25) is 5.32 Å². The molecule has 6 heteroatoms. The summed E-state index contributed by atoms with van der Waals surface area (Å²) in [6.45, 7) is -0.468. The second-order valence-electron chi connectivity index (χ2n) is 2.76. The van der Waals surface area contributed by atoms with Crippen LogP contribution < -0.4 is 5.32 Å². The van der Waals surface area contributed by atoms with Gasteiger partial charge in [0.2, 0.25) is 0 Å². The minimum atomic E-state index is -0.851. The first-order valence-corrected chi connectivity index (χ1v) is 4.42. The van der Waals surface area contributed by atoms with Gasteiger partial charge in [0, 0.05) is 0 Å². The number of aliphatic hydroxyl groups excluding tert-OH is 1. The van der Waals surface area contributed by atoms with Gasteiger partial charge in [-0.2, -0.15) is 5.26 Å². The molecule has 0 saturated heterocycles. The average molecular weight is 224 g/mol. The molecule has 0 aliphatic heterocycles. The van der Waals surface area contributed by atoms with Gasteiger partial charge in [0.15, 0.2) is 0 Å². The Morgan fingerprint density at radius 1 is 1.62 bits per heavy atom. The Balaban J connectivity index is 2.78. The van der Waals surface area contributed by atoms with E-state index in [0.29, 0.717) is 0 Å². The van der Waals surface area contributed by atoms with Crippen molar-refractivity contribution in [2.75, 3.05) is 18.5 Å². The number of nitriles is 1. The number of ether oxygens (including phenoxy) is 1. The third-order valence-corrected chi connectivity index (χ3v) is 1.69. The monoisotopic (exact) mass is 224 g/mol. The summed E-state index contributed by atoms with van der Waals surface area (Å²) in [4.78, 5) is 11.1. The molecule has 1 aromatic rings. The number of hydrogen-bond donors (Lipinski definition) is 2. The Morgan fingerprint density at radius 3 is 3.00 bits per heavy atom. The van der Waals surface area contributed by atoms with Gasteiger partial charge in [0.05, 0.1) is 12.3 Å². The summed E-state index contributed by atoms with van der Waals surface area (Å²) in [6, 6.07) is 5.48. The van der Waals surface area contributed by atoms with Crippen molar-refractivity contribution in [3.63, 3.8) is 0 Å². The predicted octanol–water partition coefficient (Wildman–Crippen LogP) is 1.24. The van der Waals surface area contributed by atoms with E-state index in [-0.39, 0.29) is 24.5 Å². The molecule has 0 bridgehead atoms. The number of nitrogens with zero attached hydrogens (tertiary/aromatic N) is 1. The molecule has 2 N–H and O–H groups in total. The van der Waals surface area contributed by atoms with Crippen molar-refractivity contribution in [1.29, 1.82) is 5.26 Å². The molecular weight excluding hydrogens is 215 g/mol. The van der Waals surface area contributed by atoms with Gasteiger partial charge < -0.3 is 9.84 Å². The summed E-state index contributed by atoms with van der Waals surface area (Å²) < 4.78 is 17.6. The first-order valence-electron chi connectivity index (χ1n) is 4.42. The first kappa shape index (κ1) is 11.9. The topological polar surface area (TPSA) is 82.4 Å². The third-order valence-electron chi connectivity index (χ3n) is 1.69. The van der Waals surface area contributed by atoms with Gasteiger partial charge >= 0.3 is 6.09 Å². The van der Waals surface area contributed by atoms with E-state index in [2.05, 4.69) is 10.1 Å². The molecule has 1 aromatic carbocycles. The minimum absolute atomic E-state index is 0.0328. The molecule has 16 heavy (non-hydrogen) atoms. The highest BCUT2D eigenvalue weighted by Gasteiger charge is 2.10. The van der Waals surface area contributed by atoms with Crippen LogP contribution >= 0.6 is 0 Å². The van der Waals surface area contributed by atoms with Crippen LogP contribution in [0.15, 0.2) is 18.2 Å². The van der Waals surface area contributed by atoms with Gasteiger partial charge in [0.25, 0.3) is 0 Å². The molecule has 0 unspecified atom stereocenters. The van der Waals surface area contributed by atoms with Gasteiger partial charge in [-0.15, -0.1) is 0 Å². The van der Waals surface area contributed by atoms with Crippen LogP contribution in [0.25, 0.3) is 0 Å². The molecule has 0 atom stereocenters. The molecule has 0 spiro atoms. The average Bonchev–Trinajstić information content (AvgIpc) is 2.27. The number of carbonyl (C=O) groups is 1. The zero-order valence-electron chi connectivity index (χ0n) is 8.24. The Hall–Kier alpha value is -2.13. The maximum Gasteiger partial charge on any atom is 0.411 e. The van der Waals surface area contributed by atoms with Gasteiger partial charge in [-0.25, -0.2) is 9.18 Å². The van der Waals surface area contributed by atoms with Crippen LogP contribution in [0.5, 0.6) is 0 Å². The van der Waals surface area contributed by atoms with E-state index in [0.717, 1.165) is 6.07 Å². The number of anilines is 1. The van der Waals surface area contributed by atoms with Crippen LogP contribution in [-0.4, -0.2) is 24.4 Å². The van der Waals surface area contributed by atoms with Gasteiger partial charge in [0.1, 0.15) is 24.1 Å². The van der Waals surface area contributed by atoms with Gasteiger partial charge in [-0.05, 0) is 12.1 Å². The van der Waals surface area contributed by atoms with Crippen molar-refractivity contribution in [3.8, 4) is 6.07 Å². The minimum Gasteiger partial charge on any atom is -0.447 e. The third kappa shape index (κ3) is 2.93. The number of rotatable bonds is 3. The maximum atomic E-state index is 13.1. The van der Waals surface area contributed by atoms with Crippen molar-refractivity contribution in [3.05, 3.63) is 29.6 Å². The van der Waals surface area contributed by atoms with Crippen molar-refractivity contribution >= 4 is 11.8 Å². The zero-order valence-corrected chi connectivity index (χ0v) is 8.24. The lowest BCUT2D eigenvalue weighted by Crippen LogP contribution is -2.16. The predicted molar refractivity (Wildman–Crippen MR) is 53.2 cm³/mol. The molecule has 0 aliphatic carbocycles. The second-order valence-corrected chi connectivity index (χ2v) is 2.76. The highest BCUT2D eigenvalue weighted by molar-refractivity contribution is 5.86. The van der Waals surface area contributed by atoms with E-state index < -0.39 is 11.9 Å². The number of halogens is 1. The van der Waals surface area contributed by atoms with Crippen molar-refractivity contribution in [1.82, 2.24) is 0 Å². The SMILES string of the molecule is N#Cc1c(F)cccc1NC(=O)OCCO. The smallest absolute Gasteiger partial charge is 0.411 e. The molecule has 0 radical (unpaired) electrons. The van der Waals surface area contributed by atoms with E-state index in [1.807, 2.05) is 0 Å². The highest BCUT2D eigenvalue weighted by atomic mass is 19.1. The lowest BCUT2D eigenvalue weighted by atomic mass is 10.2. The van der Waals surface area contributed by atoms with Crippen LogP contribution in [0.3, 0.4) is 0 Å². The Labute approximate surface area is 91.1 Å². The lowest BCUT2D eigenvalue weighted by Gasteiger charge is -2.07. The lowest BCUT2D eigenvalue weighted by molar-refractivity contribution is 0.131. The van der Waals surface area contributed by atoms with Crippen molar-refractivity contribution in [2.45, 2.75) is 0 Å². The number of nitrogens with one attached hydrogen (secondary N) is 1. The quantitative estimate of drug-likeness (QED) is 0.809. The number of hydrogen-bond acceptors (Lipinski definition) is 4. The molecule has 0 heterocycles. The molecule has 1 amide bonds. The summed E-state index contributed by atoms with van der Waals surface area (Å²) in [6.07, 6.45) is -0.851. The zero-order chi connectivity index (χ0) is 12.0. The number of benzene rings is 1. The largest absolute Gasteiger partial charge is 0.447 e. The number of amides is 1. The fourth-order valence-electron chi connectivity index (χ4n) is 1.03. The van der Waals surface area contributed by atoms with E-state index in [9.17, 15) is 9.18 Å². The molecule has 5 nitrogen and oxygen atoms in total. The number of aliphatic hydroxyl groups is 1. The van der Waals surface area contributed by atoms with Crippen LogP contribution in [0.1, 0.15) is 5.56 Å². The fraction of sp³-hybridized carbons (Fsp3) is 0.200. The summed E-state index contributed by atoms with van der Waals surface area (Å²) in [5.41, 5.74) is -0.228. The van der Waals surface area contributed by atoms with Crippen molar-refractivity contribution in [2.24, 2.45) is 0 Å². The summed E-state index contributed by atoms with van der Waals surface area (Å²) in [7, 11) is 0. The molecular formula is C10H9FN2O3. The van der Waals surface area contributed by atoms with E-state index >= 15 is 0 Å². The molecule has 0 fully saturated rings. The molecule has 84 valence electrons. The Bertz CT molecular complexity index is 429. The molecule has 1 rings (SSSR count). The molecule has 0 saturated carbocycles. The van der Waals surface area contributed by atoms with Gasteiger partial charge in [-0.1, -0.05) is 6.07 Å². The highest BCUT2D eigenvalue weighted by Crippen LogP contribution is 2.17. The van der Waals surface area contributed by atoms with Crippen LogP contribution in [-0.2, 0) is 4.74 Å². The molecule has 0 aliphatic rings. The van der Waals surface area contributed by atoms with E-state index in [1.54, 1.807) is 6.07 Å². The fourth-order valence-corrected chi connectivity index (χ4v) is 1.03. The van der Waals surface area contributed by atoms with E-state index in [1.165, 1.54) is 12.1 Å². The summed E-state index contributed by atoms with van der Waals surface area (Å²) in [5.74, 6) is -0.720. The van der Waals surface area contributed by atoms with Crippen molar-refractivity contribution < 1.29 is 19.0 Å². The Kier molecular flexibility index (Phi) is 4.24. The van der Waals surface area contributed by atoms with Crippen LogP contribution in [0.2, 0.25) is 0 Å². The summed E-state index contributed by atoms with van der Waals surface area (Å²) in [5, 5.41) is 19.3. The van der Waals surface area contributed by atoms with Crippen LogP contribution in [0, 0.1) is 17.1 Å². The molecule has 0 aromatic heterocycles. The number of carbonyl (C=O) groups excluding carboxylic acids is 1. The van der Waals surface area contributed by atoms with Crippen LogP contribution in [0.4, 0.5) is 14.9 Å². The summed E-state index contributed by atoms with van der Waals surface area (Å²) >= 11 is 0. The second kappa shape index (κ2) is 5.68. The normalized spacial score (nSPS) is 9.31. The Morgan fingerprint density at radius 2 is 2.38 bits per heavy atom. The maximum absolute atomic E-state index is 13.1. The standard InChI is InChI=1S/C10H9FN2O3/c11-8-2-1-3-9(7(8)6-12)13-10(15)16-5-4-14/h1-3,14H,4-5H2,(H,13,15). The first-order chi connectivity index (χ1) is 7.69. The van der Waals surface area contributed by atoms with E-state index in [4.69, 9.17) is 10.4 Å².